The minimum absolute atomic E-state index is 0.131. The molecule has 0 bridgehead atoms. The summed E-state index contributed by atoms with van der Waals surface area (Å²) in [7, 11) is 1.60. The van der Waals surface area contributed by atoms with Gasteiger partial charge in [-0.05, 0) is 12.1 Å². The van der Waals surface area contributed by atoms with E-state index in [4.69, 9.17) is 4.74 Å². The Morgan fingerprint density at radius 3 is 3.25 bits per heavy atom. The van der Waals surface area contributed by atoms with Crippen LogP contribution in [0.5, 0.6) is 0 Å². The monoisotopic (exact) mass is 219 g/mol. The average Bonchev–Trinajstić information content (AvgIpc) is 2.73. The Morgan fingerprint density at radius 2 is 2.50 bits per heavy atom. The summed E-state index contributed by atoms with van der Waals surface area (Å²) in [5.41, 5.74) is 1.40. The molecule has 0 aliphatic carbocycles. The molecule has 2 heterocycles. The molecule has 0 aromatic carbocycles. The Labute approximate surface area is 92.8 Å². The zero-order chi connectivity index (χ0) is 11.4. The van der Waals surface area contributed by atoms with Crippen molar-refractivity contribution < 1.29 is 9.53 Å². The summed E-state index contributed by atoms with van der Waals surface area (Å²) in [5.74, 6) is -0.131. The van der Waals surface area contributed by atoms with Crippen LogP contribution in [0.4, 0.5) is 0 Å². The Bertz CT molecular complexity index is 460. The summed E-state index contributed by atoms with van der Waals surface area (Å²) < 4.78 is 4.85. The lowest BCUT2D eigenvalue weighted by molar-refractivity contribution is 0.0933. The van der Waals surface area contributed by atoms with Crippen LogP contribution in [0.25, 0.3) is 10.9 Å². The highest BCUT2D eigenvalue weighted by Gasteiger charge is 2.08. The van der Waals surface area contributed by atoms with Gasteiger partial charge in [0, 0.05) is 25.2 Å². The number of hydrogen-bond donors (Lipinski definition) is 2. The van der Waals surface area contributed by atoms with Crippen LogP contribution >= 0.6 is 0 Å². The maximum atomic E-state index is 11.7. The molecule has 16 heavy (non-hydrogen) atoms. The summed E-state index contributed by atoms with van der Waals surface area (Å²) in [6, 6.07) is 3.66. The number of pyridine rings is 1. The van der Waals surface area contributed by atoms with Crippen LogP contribution in [0, 0.1) is 0 Å². The standard InChI is InChI=1S/C11H13N3O2/c1-16-5-4-13-11(15)9-6-8-2-3-12-7-10(8)14-9/h2-3,6-7,14H,4-5H2,1H3,(H,13,15). The lowest BCUT2D eigenvalue weighted by Crippen LogP contribution is -2.27. The van der Waals surface area contributed by atoms with E-state index in [0.717, 1.165) is 10.9 Å². The first-order valence-corrected chi connectivity index (χ1v) is 5.01. The number of aromatic nitrogens is 2. The number of H-pyrrole nitrogens is 1. The van der Waals surface area contributed by atoms with Gasteiger partial charge in [-0.15, -0.1) is 0 Å². The normalized spacial score (nSPS) is 10.6. The predicted octanol–water partition coefficient (Wildman–Crippen LogP) is 0.939. The minimum Gasteiger partial charge on any atom is -0.383 e. The summed E-state index contributed by atoms with van der Waals surface area (Å²) >= 11 is 0. The zero-order valence-electron chi connectivity index (χ0n) is 8.99. The summed E-state index contributed by atoms with van der Waals surface area (Å²) in [6.07, 6.45) is 3.39. The van der Waals surface area contributed by atoms with Gasteiger partial charge in [-0.1, -0.05) is 0 Å². The van der Waals surface area contributed by atoms with Crippen LogP contribution in [0.2, 0.25) is 0 Å². The number of ether oxygens (including phenoxy) is 1. The first kappa shape index (κ1) is 10.6. The number of fused-ring (bicyclic) bond motifs is 1. The molecule has 0 spiro atoms. The minimum atomic E-state index is -0.131. The summed E-state index contributed by atoms with van der Waals surface area (Å²) in [5, 5.41) is 3.72. The number of aromatic amines is 1. The highest BCUT2D eigenvalue weighted by atomic mass is 16.5. The number of carbonyl (C=O) groups excluding carboxylic acids is 1. The lowest BCUT2D eigenvalue weighted by atomic mass is 10.3. The highest BCUT2D eigenvalue weighted by Crippen LogP contribution is 2.12. The fourth-order valence-electron chi connectivity index (χ4n) is 1.46. The van der Waals surface area contributed by atoms with Crippen LogP contribution in [-0.2, 0) is 4.74 Å². The molecule has 2 rings (SSSR count). The molecule has 0 saturated carbocycles. The Balaban J connectivity index is 2.11. The van der Waals surface area contributed by atoms with Gasteiger partial charge in [0.25, 0.3) is 5.91 Å². The SMILES string of the molecule is COCCNC(=O)c1cc2ccncc2[nH]1. The number of nitrogens with one attached hydrogen (secondary N) is 2. The average molecular weight is 219 g/mol. The van der Waals surface area contributed by atoms with Crippen molar-refractivity contribution in [2.45, 2.75) is 0 Å². The molecular weight excluding hydrogens is 206 g/mol. The van der Waals surface area contributed by atoms with Crippen molar-refractivity contribution in [3.8, 4) is 0 Å². The van der Waals surface area contributed by atoms with E-state index in [9.17, 15) is 4.79 Å². The molecule has 84 valence electrons. The summed E-state index contributed by atoms with van der Waals surface area (Å²) in [6.45, 7) is 1.01. The van der Waals surface area contributed by atoms with Gasteiger partial charge in [0.1, 0.15) is 5.69 Å². The van der Waals surface area contributed by atoms with Crippen molar-refractivity contribution in [1.82, 2.24) is 15.3 Å². The van der Waals surface area contributed by atoms with Gasteiger partial charge in [-0.3, -0.25) is 9.78 Å². The van der Waals surface area contributed by atoms with Crippen LogP contribution in [-0.4, -0.2) is 36.1 Å². The van der Waals surface area contributed by atoms with Gasteiger partial charge in [-0.2, -0.15) is 0 Å². The summed E-state index contributed by atoms with van der Waals surface area (Å²) in [4.78, 5) is 18.7. The fraction of sp³-hybridized carbons (Fsp3) is 0.273. The van der Waals surface area contributed by atoms with Crippen LogP contribution in [0.15, 0.2) is 24.5 Å². The molecule has 0 atom stereocenters. The molecule has 0 unspecified atom stereocenters. The predicted molar refractivity (Wildman–Crippen MR) is 60.3 cm³/mol. The van der Waals surface area contributed by atoms with Gasteiger partial charge in [0.15, 0.2) is 0 Å². The number of nitrogens with zero attached hydrogens (tertiary/aromatic N) is 1. The third-order valence-electron chi connectivity index (χ3n) is 2.26. The molecule has 0 fully saturated rings. The molecule has 2 N–H and O–H groups in total. The van der Waals surface area contributed by atoms with E-state index >= 15 is 0 Å². The Hall–Kier alpha value is -1.88. The first-order chi connectivity index (χ1) is 7.81. The van der Waals surface area contributed by atoms with Crippen molar-refractivity contribution in [3.63, 3.8) is 0 Å². The maximum absolute atomic E-state index is 11.7. The van der Waals surface area contributed by atoms with Gasteiger partial charge >= 0.3 is 0 Å². The van der Waals surface area contributed by atoms with E-state index in [0.29, 0.717) is 18.8 Å². The molecule has 0 aliphatic rings. The maximum Gasteiger partial charge on any atom is 0.267 e. The quantitative estimate of drug-likeness (QED) is 0.752. The zero-order valence-corrected chi connectivity index (χ0v) is 8.99. The molecular formula is C11H13N3O2. The van der Waals surface area contributed by atoms with Gasteiger partial charge in [-0.25, -0.2) is 0 Å². The molecule has 0 radical (unpaired) electrons. The molecule has 2 aromatic rings. The van der Waals surface area contributed by atoms with Crippen LogP contribution in [0.1, 0.15) is 10.5 Å². The number of rotatable bonds is 4. The van der Waals surface area contributed by atoms with E-state index < -0.39 is 0 Å². The number of hydrogen-bond acceptors (Lipinski definition) is 3. The largest absolute Gasteiger partial charge is 0.383 e. The lowest BCUT2D eigenvalue weighted by Gasteiger charge is -2.01. The second-order valence-corrected chi connectivity index (χ2v) is 3.39. The second kappa shape index (κ2) is 4.76. The van der Waals surface area contributed by atoms with Gasteiger partial charge in [0.05, 0.1) is 18.3 Å². The van der Waals surface area contributed by atoms with Gasteiger partial charge < -0.3 is 15.0 Å². The molecule has 5 heteroatoms. The van der Waals surface area contributed by atoms with E-state index in [1.165, 1.54) is 0 Å². The first-order valence-electron chi connectivity index (χ1n) is 5.01. The van der Waals surface area contributed by atoms with Crippen LogP contribution in [0.3, 0.4) is 0 Å². The number of amides is 1. The molecule has 5 nitrogen and oxygen atoms in total. The smallest absolute Gasteiger partial charge is 0.267 e. The van der Waals surface area contributed by atoms with E-state index in [1.807, 2.05) is 6.07 Å². The third kappa shape index (κ3) is 2.20. The van der Waals surface area contributed by atoms with Crippen molar-refractivity contribution in [1.29, 1.82) is 0 Å². The molecule has 0 aliphatic heterocycles. The van der Waals surface area contributed by atoms with E-state index in [1.54, 1.807) is 25.6 Å². The third-order valence-corrected chi connectivity index (χ3v) is 2.26. The van der Waals surface area contributed by atoms with Crippen molar-refractivity contribution in [2.24, 2.45) is 0 Å². The Morgan fingerprint density at radius 1 is 1.62 bits per heavy atom. The van der Waals surface area contributed by atoms with Crippen molar-refractivity contribution in [3.05, 3.63) is 30.2 Å². The van der Waals surface area contributed by atoms with Crippen LogP contribution < -0.4 is 5.32 Å². The topological polar surface area (TPSA) is 67.0 Å². The fourth-order valence-corrected chi connectivity index (χ4v) is 1.46. The van der Waals surface area contributed by atoms with E-state index in [-0.39, 0.29) is 5.91 Å². The Kier molecular flexibility index (Phi) is 3.16. The highest BCUT2D eigenvalue weighted by molar-refractivity contribution is 5.97. The van der Waals surface area contributed by atoms with Crippen molar-refractivity contribution >= 4 is 16.8 Å². The molecule has 2 aromatic heterocycles. The number of carbonyl (C=O) groups is 1. The van der Waals surface area contributed by atoms with Gasteiger partial charge in [0.2, 0.25) is 0 Å². The number of methoxy groups -OCH3 is 1. The van der Waals surface area contributed by atoms with E-state index in [2.05, 4.69) is 15.3 Å². The van der Waals surface area contributed by atoms with Crippen molar-refractivity contribution in [2.75, 3.05) is 20.3 Å². The second-order valence-electron chi connectivity index (χ2n) is 3.39. The molecule has 0 saturated heterocycles. The molecule has 1 amide bonds.